The number of nitrogens with one attached hydrogen (secondary N) is 2. The summed E-state index contributed by atoms with van der Waals surface area (Å²) in [6.07, 6.45) is 0. The van der Waals surface area contributed by atoms with E-state index in [0.29, 0.717) is 17.5 Å². The van der Waals surface area contributed by atoms with E-state index in [2.05, 4.69) is 20.7 Å². The van der Waals surface area contributed by atoms with Crippen LogP contribution in [-0.4, -0.2) is 9.97 Å². The first kappa shape index (κ1) is 14.0. The number of fused-ring (bicyclic) bond motifs is 1. The van der Waals surface area contributed by atoms with Crippen LogP contribution in [0.15, 0.2) is 24.3 Å². The van der Waals surface area contributed by atoms with E-state index in [1.165, 1.54) is 23.5 Å². The van der Waals surface area contributed by atoms with Gasteiger partial charge in [0.05, 0.1) is 10.4 Å². The molecular weight excluding hydrogens is 313 g/mol. The summed E-state index contributed by atoms with van der Waals surface area (Å²) in [5, 5.41) is 4.03. The molecule has 2 aromatic heterocycles. The van der Waals surface area contributed by atoms with Crippen LogP contribution in [0.4, 0.5) is 21.8 Å². The summed E-state index contributed by atoms with van der Waals surface area (Å²) < 4.78 is 13.2. The quantitative estimate of drug-likeness (QED) is 0.504. The fraction of sp³-hybridized carbons (Fsp3) is 0.0769. The number of hydrazine groups is 1. The fourth-order valence-electron chi connectivity index (χ4n) is 1.91. The van der Waals surface area contributed by atoms with E-state index in [0.717, 1.165) is 15.1 Å². The van der Waals surface area contributed by atoms with Crippen LogP contribution in [0.5, 0.6) is 0 Å². The Labute approximate surface area is 128 Å². The highest BCUT2D eigenvalue weighted by molar-refractivity contribution is 7.18. The van der Waals surface area contributed by atoms with Gasteiger partial charge in [0.2, 0.25) is 5.95 Å². The molecule has 0 radical (unpaired) electrons. The number of aromatic nitrogens is 2. The van der Waals surface area contributed by atoms with Gasteiger partial charge in [-0.2, -0.15) is 4.98 Å². The number of halogens is 2. The number of hydrogen-bond donors (Lipinski definition) is 3. The van der Waals surface area contributed by atoms with Crippen LogP contribution in [0.3, 0.4) is 0 Å². The average Bonchev–Trinajstić information content (AvgIpc) is 2.83. The molecule has 0 fully saturated rings. The minimum Gasteiger partial charge on any atom is -0.339 e. The van der Waals surface area contributed by atoms with Gasteiger partial charge in [-0.3, -0.25) is 5.43 Å². The normalized spacial score (nSPS) is 10.9. The van der Waals surface area contributed by atoms with Crippen LogP contribution in [0.2, 0.25) is 5.02 Å². The summed E-state index contributed by atoms with van der Waals surface area (Å²) in [7, 11) is 0. The molecule has 0 spiro atoms. The molecule has 3 rings (SSSR count). The second kappa shape index (κ2) is 5.44. The van der Waals surface area contributed by atoms with Gasteiger partial charge in [0.15, 0.2) is 0 Å². The van der Waals surface area contributed by atoms with Gasteiger partial charge in [0, 0.05) is 10.6 Å². The van der Waals surface area contributed by atoms with E-state index >= 15 is 0 Å². The van der Waals surface area contributed by atoms with Crippen molar-refractivity contribution in [2.24, 2.45) is 5.84 Å². The molecule has 2 heterocycles. The number of rotatable bonds is 3. The molecule has 0 atom stereocenters. The van der Waals surface area contributed by atoms with Crippen LogP contribution in [0, 0.1) is 12.7 Å². The number of benzene rings is 1. The molecule has 5 nitrogen and oxygen atoms in total. The van der Waals surface area contributed by atoms with Gasteiger partial charge in [0.1, 0.15) is 16.5 Å². The van der Waals surface area contributed by atoms with Crippen molar-refractivity contribution in [1.29, 1.82) is 0 Å². The molecule has 108 valence electrons. The van der Waals surface area contributed by atoms with E-state index in [9.17, 15) is 4.39 Å². The van der Waals surface area contributed by atoms with Gasteiger partial charge < -0.3 is 5.32 Å². The maximum Gasteiger partial charge on any atom is 0.240 e. The molecule has 21 heavy (non-hydrogen) atoms. The minimum atomic E-state index is -0.467. The largest absolute Gasteiger partial charge is 0.339 e. The summed E-state index contributed by atoms with van der Waals surface area (Å²) in [4.78, 5) is 10.5. The van der Waals surface area contributed by atoms with Crippen molar-refractivity contribution >= 4 is 50.6 Å². The molecule has 0 aliphatic heterocycles. The van der Waals surface area contributed by atoms with Crippen molar-refractivity contribution in [1.82, 2.24) is 9.97 Å². The van der Waals surface area contributed by atoms with Crippen LogP contribution in [0.1, 0.15) is 4.88 Å². The van der Waals surface area contributed by atoms with Crippen molar-refractivity contribution < 1.29 is 4.39 Å². The number of nitrogen functional groups attached to an aromatic ring is 1. The lowest BCUT2D eigenvalue weighted by molar-refractivity contribution is 0.628. The molecule has 4 N–H and O–H groups in total. The average molecular weight is 324 g/mol. The topological polar surface area (TPSA) is 75.9 Å². The standard InChI is InChI=1S/C13H11ClFN5S/c1-6-4-8-11(18-13(20-16)19-12(8)21-6)17-7-2-3-10(15)9(14)5-7/h2-5H,16H2,1H3,(H2,17,18,19,20). The summed E-state index contributed by atoms with van der Waals surface area (Å²) >= 11 is 7.32. The van der Waals surface area contributed by atoms with Gasteiger partial charge >= 0.3 is 0 Å². The third kappa shape index (κ3) is 2.76. The molecular formula is C13H11ClFN5S. The van der Waals surface area contributed by atoms with E-state index in [1.807, 2.05) is 13.0 Å². The SMILES string of the molecule is Cc1cc2c(Nc3ccc(F)c(Cl)c3)nc(NN)nc2s1. The maximum absolute atomic E-state index is 13.2. The van der Waals surface area contributed by atoms with Gasteiger partial charge in [-0.25, -0.2) is 15.2 Å². The fourth-order valence-corrected chi connectivity index (χ4v) is 2.97. The summed E-state index contributed by atoms with van der Waals surface area (Å²) in [5.41, 5.74) is 3.07. The minimum absolute atomic E-state index is 0.0453. The van der Waals surface area contributed by atoms with Crippen LogP contribution in [0.25, 0.3) is 10.2 Å². The molecule has 8 heteroatoms. The second-order valence-electron chi connectivity index (χ2n) is 4.37. The van der Waals surface area contributed by atoms with Crippen molar-refractivity contribution in [2.75, 3.05) is 10.7 Å². The maximum atomic E-state index is 13.2. The molecule has 0 bridgehead atoms. The number of thiophene rings is 1. The lowest BCUT2D eigenvalue weighted by Gasteiger charge is -2.09. The molecule has 0 unspecified atom stereocenters. The zero-order valence-corrected chi connectivity index (χ0v) is 12.5. The Bertz CT molecular complexity index is 820. The molecule has 0 amide bonds. The van der Waals surface area contributed by atoms with Crippen LogP contribution in [-0.2, 0) is 0 Å². The second-order valence-corrected chi connectivity index (χ2v) is 6.01. The van der Waals surface area contributed by atoms with E-state index < -0.39 is 5.82 Å². The van der Waals surface area contributed by atoms with Gasteiger partial charge in [-0.05, 0) is 31.2 Å². The van der Waals surface area contributed by atoms with Gasteiger partial charge in [0.25, 0.3) is 0 Å². The molecule has 0 saturated heterocycles. The molecule has 3 aromatic rings. The summed E-state index contributed by atoms with van der Waals surface area (Å²) in [6.45, 7) is 1.99. The molecule has 0 saturated carbocycles. The number of aryl methyl sites for hydroxylation is 1. The summed E-state index contributed by atoms with van der Waals surface area (Å²) in [5.74, 6) is 5.81. The Morgan fingerprint density at radius 1 is 1.29 bits per heavy atom. The lowest BCUT2D eigenvalue weighted by atomic mass is 10.3. The van der Waals surface area contributed by atoms with Crippen molar-refractivity contribution in [3.05, 3.63) is 40.0 Å². The lowest BCUT2D eigenvalue weighted by Crippen LogP contribution is -2.11. The van der Waals surface area contributed by atoms with E-state index in [-0.39, 0.29) is 5.02 Å². The number of hydrogen-bond acceptors (Lipinski definition) is 6. The van der Waals surface area contributed by atoms with Gasteiger partial charge in [-0.15, -0.1) is 11.3 Å². The first-order valence-electron chi connectivity index (χ1n) is 6.03. The Hall–Kier alpha value is -1.96. The molecule has 0 aliphatic rings. The predicted octanol–water partition coefficient (Wildman–Crippen LogP) is 3.82. The van der Waals surface area contributed by atoms with Crippen LogP contribution >= 0.6 is 22.9 Å². The molecule has 1 aromatic carbocycles. The Morgan fingerprint density at radius 2 is 2.10 bits per heavy atom. The smallest absolute Gasteiger partial charge is 0.240 e. The molecule has 0 aliphatic carbocycles. The third-order valence-corrected chi connectivity index (χ3v) is 4.06. The van der Waals surface area contributed by atoms with Crippen molar-refractivity contribution in [2.45, 2.75) is 6.92 Å². The van der Waals surface area contributed by atoms with Crippen LogP contribution < -0.4 is 16.6 Å². The predicted molar refractivity (Wildman–Crippen MR) is 84.7 cm³/mol. The Morgan fingerprint density at radius 3 is 2.81 bits per heavy atom. The first-order chi connectivity index (χ1) is 10.1. The zero-order valence-electron chi connectivity index (χ0n) is 10.9. The van der Waals surface area contributed by atoms with Gasteiger partial charge in [-0.1, -0.05) is 11.6 Å². The zero-order chi connectivity index (χ0) is 15.0. The third-order valence-electron chi connectivity index (χ3n) is 2.83. The highest BCUT2D eigenvalue weighted by Crippen LogP contribution is 2.31. The Kier molecular flexibility index (Phi) is 3.62. The number of anilines is 3. The monoisotopic (exact) mass is 323 g/mol. The van der Waals surface area contributed by atoms with Crippen molar-refractivity contribution in [3.8, 4) is 0 Å². The first-order valence-corrected chi connectivity index (χ1v) is 7.23. The van der Waals surface area contributed by atoms with Crippen molar-refractivity contribution in [3.63, 3.8) is 0 Å². The van der Waals surface area contributed by atoms with E-state index in [4.69, 9.17) is 17.4 Å². The number of nitrogens with two attached hydrogens (primary N) is 1. The Balaban J connectivity index is 2.07. The van der Waals surface area contributed by atoms with E-state index in [1.54, 1.807) is 6.07 Å². The highest BCUT2D eigenvalue weighted by Gasteiger charge is 2.11. The summed E-state index contributed by atoms with van der Waals surface area (Å²) in [6, 6.07) is 6.36. The highest BCUT2D eigenvalue weighted by atomic mass is 35.5. The number of nitrogens with zero attached hydrogens (tertiary/aromatic N) is 2.